The number of nitrogens with zero attached hydrogens (tertiary/aromatic N) is 8. The summed E-state index contributed by atoms with van der Waals surface area (Å²) in [6.45, 7) is 9.69. The van der Waals surface area contributed by atoms with Gasteiger partial charge in [-0.05, 0) is 49.6 Å². The first-order chi connectivity index (χ1) is 21.7. The van der Waals surface area contributed by atoms with Crippen LogP contribution in [0.1, 0.15) is 30.4 Å². The predicted octanol–water partition coefficient (Wildman–Crippen LogP) is 3.88. The van der Waals surface area contributed by atoms with E-state index in [1.807, 2.05) is 30.7 Å². The molecule has 0 radical (unpaired) electrons. The SMILES string of the molecule is COc1ccc(CN2CCCCN(c3ccc(-c4cc(OCCN5CCOCC5)cn5ncc(C#N)c45)cn3)CCC2)cn1. The van der Waals surface area contributed by atoms with Crippen LogP contribution in [-0.2, 0) is 11.3 Å². The lowest BCUT2D eigenvalue weighted by molar-refractivity contribution is 0.0322. The van der Waals surface area contributed by atoms with Crippen LogP contribution in [0.4, 0.5) is 5.82 Å². The fraction of sp³-hybridized carbons (Fsp3) is 0.455. The quantitative estimate of drug-likeness (QED) is 0.283. The molecule has 0 amide bonds. The Morgan fingerprint density at radius 2 is 1.75 bits per heavy atom. The largest absolute Gasteiger partial charge is 0.491 e. The fourth-order valence-electron chi connectivity index (χ4n) is 5.95. The molecule has 4 aromatic heterocycles. The average molecular weight is 597 g/mol. The van der Waals surface area contributed by atoms with Crippen LogP contribution in [0, 0.1) is 11.3 Å². The van der Waals surface area contributed by atoms with E-state index >= 15 is 0 Å². The minimum atomic E-state index is 0.527. The fourth-order valence-corrected chi connectivity index (χ4v) is 5.95. The van der Waals surface area contributed by atoms with Crippen molar-refractivity contribution in [1.82, 2.24) is 29.4 Å². The highest BCUT2D eigenvalue weighted by atomic mass is 16.5. The molecular formula is C33H40N8O3. The molecule has 44 heavy (non-hydrogen) atoms. The molecule has 6 heterocycles. The minimum absolute atomic E-state index is 0.527. The summed E-state index contributed by atoms with van der Waals surface area (Å²) < 4.78 is 18.6. The Labute approximate surface area is 258 Å². The Kier molecular flexibility index (Phi) is 9.82. The standard InChI is InChI=1S/C33H40N8O3/c1-42-32-8-5-26(21-36-32)24-39-9-2-3-11-40(12-4-10-39)31-7-6-27(22-35-31)30-19-29(25-41-33(30)28(20-34)23-37-41)44-18-15-38-13-16-43-17-14-38/h5-8,19,21-23,25H,2-4,9-18,24H2,1H3. The number of nitriles is 1. The maximum atomic E-state index is 9.78. The van der Waals surface area contributed by atoms with E-state index in [0.717, 1.165) is 107 Å². The number of anilines is 1. The highest BCUT2D eigenvalue weighted by molar-refractivity contribution is 5.85. The summed E-state index contributed by atoms with van der Waals surface area (Å²) in [6.07, 6.45) is 10.6. The van der Waals surface area contributed by atoms with Crippen LogP contribution in [0.2, 0.25) is 0 Å². The topological polar surface area (TPSA) is 104 Å². The van der Waals surface area contributed by atoms with Gasteiger partial charge in [-0.1, -0.05) is 6.07 Å². The zero-order valence-corrected chi connectivity index (χ0v) is 25.4. The van der Waals surface area contributed by atoms with Crippen molar-refractivity contribution in [2.24, 2.45) is 0 Å². The summed E-state index contributed by atoms with van der Waals surface area (Å²) in [5.41, 5.74) is 4.31. The molecule has 2 fully saturated rings. The molecule has 2 aliphatic rings. The van der Waals surface area contributed by atoms with Gasteiger partial charge in [0.25, 0.3) is 0 Å². The molecule has 11 nitrogen and oxygen atoms in total. The number of aromatic nitrogens is 4. The first-order valence-corrected chi connectivity index (χ1v) is 15.5. The Hall–Kier alpha value is -4.24. The summed E-state index contributed by atoms with van der Waals surface area (Å²) in [4.78, 5) is 16.5. The molecule has 0 spiro atoms. The van der Waals surface area contributed by atoms with Gasteiger partial charge in [0, 0.05) is 75.4 Å². The molecule has 2 aliphatic heterocycles. The Balaban J connectivity index is 1.13. The second-order valence-corrected chi connectivity index (χ2v) is 11.3. The molecule has 0 aromatic carbocycles. The van der Waals surface area contributed by atoms with Crippen LogP contribution in [0.3, 0.4) is 0 Å². The zero-order chi connectivity index (χ0) is 30.1. The highest BCUT2D eigenvalue weighted by Crippen LogP contribution is 2.31. The summed E-state index contributed by atoms with van der Waals surface area (Å²) in [7, 11) is 1.64. The second kappa shape index (κ2) is 14.5. The number of methoxy groups -OCH3 is 1. The number of pyridine rings is 3. The number of hydrogen-bond donors (Lipinski definition) is 0. The molecule has 11 heteroatoms. The summed E-state index contributed by atoms with van der Waals surface area (Å²) >= 11 is 0. The maximum Gasteiger partial charge on any atom is 0.212 e. The van der Waals surface area contributed by atoms with Crippen LogP contribution in [0.25, 0.3) is 16.6 Å². The van der Waals surface area contributed by atoms with Crippen LogP contribution in [0.15, 0.2) is 55.1 Å². The monoisotopic (exact) mass is 596 g/mol. The number of rotatable bonds is 9. The predicted molar refractivity (Wildman–Crippen MR) is 168 cm³/mol. The molecule has 4 aromatic rings. The van der Waals surface area contributed by atoms with E-state index in [9.17, 15) is 5.26 Å². The molecule has 230 valence electrons. The molecule has 0 unspecified atom stereocenters. The van der Waals surface area contributed by atoms with Gasteiger partial charge < -0.3 is 19.1 Å². The van der Waals surface area contributed by atoms with Crippen molar-refractivity contribution in [1.29, 1.82) is 5.26 Å². The smallest absolute Gasteiger partial charge is 0.212 e. The third kappa shape index (κ3) is 7.27. The van der Waals surface area contributed by atoms with E-state index in [1.165, 1.54) is 5.56 Å². The molecule has 0 bridgehead atoms. The molecule has 0 N–H and O–H groups in total. The van der Waals surface area contributed by atoms with Crippen molar-refractivity contribution in [3.05, 3.63) is 66.2 Å². The van der Waals surface area contributed by atoms with E-state index in [1.54, 1.807) is 17.8 Å². The van der Waals surface area contributed by atoms with Crippen molar-refractivity contribution in [2.45, 2.75) is 25.8 Å². The lowest BCUT2D eigenvalue weighted by Crippen LogP contribution is -2.38. The van der Waals surface area contributed by atoms with Gasteiger partial charge in [-0.3, -0.25) is 9.80 Å². The van der Waals surface area contributed by atoms with Gasteiger partial charge in [0.2, 0.25) is 5.88 Å². The minimum Gasteiger partial charge on any atom is -0.491 e. The molecule has 2 saturated heterocycles. The van der Waals surface area contributed by atoms with Crippen molar-refractivity contribution in [3.63, 3.8) is 0 Å². The highest BCUT2D eigenvalue weighted by Gasteiger charge is 2.17. The van der Waals surface area contributed by atoms with Crippen molar-refractivity contribution >= 4 is 11.3 Å². The van der Waals surface area contributed by atoms with Gasteiger partial charge in [0.15, 0.2) is 0 Å². The van der Waals surface area contributed by atoms with Crippen LogP contribution < -0.4 is 14.4 Å². The van der Waals surface area contributed by atoms with E-state index < -0.39 is 0 Å². The number of morpholine rings is 1. The third-order valence-corrected chi connectivity index (χ3v) is 8.34. The van der Waals surface area contributed by atoms with Gasteiger partial charge in [0.05, 0.1) is 43.8 Å². The van der Waals surface area contributed by atoms with Gasteiger partial charge in [-0.25, -0.2) is 14.5 Å². The summed E-state index contributed by atoms with van der Waals surface area (Å²) in [5, 5.41) is 14.2. The second-order valence-electron chi connectivity index (χ2n) is 11.3. The number of fused-ring (bicyclic) bond motifs is 1. The van der Waals surface area contributed by atoms with Crippen LogP contribution in [-0.4, -0.2) is 102 Å². The average Bonchev–Trinajstić information content (AvgIpc) is 3.53. The lowest BCUT2D eigenvalue weighted by atomic mass is 10.1. The summed E-state index contributed by atoms with van der Waals surface area (Å²) in [6, 6.07) is 12.5. The lowest BCUT2D eigenvalue weighted by Gasteiger charge is -2.26. The molecule has 0 aliphatic carbocycles. The molecular weight excluding hydrogens is 556 g/mol. The van der Waals surface area contributed by atoms with E-state index in [4.69, 9.17) is 19.2 Å². The van der Waals surface area contributed by atoms with E-state index in [2.05, 4.69) is 49.1 Å². The third-order valence-electron chi connectivity index (χ3n) is 8.34. The van der Waals surface area contributed by atoms with Crippen LogP contribution in [0.5, 0.6) is 11.6 Å². The number of ether oxygens (including phenoxy) is 3. The molecule has 0 atom stereocenters. The Morgan fingerprint density at radius 3 is 2.52 bits per heavy atom. The normalized spacial score (nSPS) is 17.0. The van der Waals surface area contributed by atoms with Gasteiger partial charge in [0.1, 0.15) is 24.2 Å². The molecule has 6 rings (SSSR count). The van der Waals surface area contributed by atoms with Crippen LogP contribution >= 0.6 is 0 Å². The first kappa shape index (κ1) is 29.8. The molecule has 0 saturated carbocycles. The number of hydrogen-bond acceptors (Lipinski definition) is 10. The van der Waals surface area contributed by atoms with Gasteiger partial charge in [-0.15, -0.1) is 0 Å². The maximum absolute atomic E-state index is 9.78. The van der Waals surface area contributed by atoms with Crippen molar-refractivity contribution in [3.8, 4) is 28.8 Å². The summed E-state index contributed by atoms with van der Waals surface area (Å²) in [5.74, 6) is 2.34. The van der Waals surface area contributed by atoms with E-state index in [0.29, 0.717) is 23.8 Å². The Morgan fingerprint density at radius 1 is 0.909 bits per heavy atom. The Bertz CT molecular complexity index is 1540. The van der Waals surface area contributed by atoms with E-state index in [-0.39, 0.29) is 0 Å². The zero-order valence-electron chi connectivity index (χ0n) is 25.4. The first-order valence-electron chi connectivity index (χ1n) is 15.5. The van der Waals surface area contributed by atoms with Crippen molar-refractivity contribution < 1.29 is 14.2 Å². The van der Waals surface area contributed by atoms with Gasteiger partial charge >= 0.3 is 0 Å². The van der Waals surface area contributed by atoms with Gasteiger partial charge in [-0.2, -0.15) is 10.4 Å². The van der Waals surface area contributed by atoms with Crippen molar-refractivity contribution in [2.75, 3.05) is 77.6 Å².